The van der Waals surface area contributed by atoms with Crippen LogP contribution in [0.15, 0.2) is 58.5 Å². The molecular formula is C20H18ClN3OS. The van der Waals surface area contributed by atoms with E-state index in [9.17, 15) is 4.79 Å². The van der Waals surface area contributed by atoms with Crippen molar-refractivity contribution < 1.29 is 0 Å². The monoisotopic (exact) mass is 383 g/mol. The van der Waals surface area contributed by atoms with Crippen LogP contribution < -0.4 is 5.56 Å². The number of H-pyrrole nitrogens is 1. The number of hydrogen-bond acceptors (Lipinski definition) is 3. The summed E-state index contributed by atoms with van der Waals surface area (Å²) >= 11 is 7.63. The van der Waals surface area contributed by atoms with Gasteiger partial charge in [-0.15, -0.1) is 0 Å². The maximum atomic E-state index is 13.3. The number of thioether (sulfide) groups is 1. The van der Waals surface area contributed by atoms with Crippen molar-refractivity contribution in [3.05, 3.63) is 63.9 Å². The minimum atomic E-state index is -0.0978. The number of benzene rings is 2. The fraction of sp³-hybridized carbons (Fsp3) is 0.200. The molecule has 4 rings (SSSR count). The summed E-state index contributed by atoms with van der Waals surface area (Å²) < 4.78 is 1.67. The highest BCUT2D eigenvalue weighted by Crippen LogP contribution is 2.29. The van der Waals surface area contributed by atoms with Crippen LogP contribution in [0.3, 0.4) is 0 Å². The SMILES string of the molecule is CC[C@H](C)Sc1nc2c([nH]c3ccccc32)c(=O)n1-c1ccc(Cl)cc1. The van der Waals surface area contributed by atoms with E-state index < -0.39 is 0 Å². The molecule has 1 atom stereocenters. The van der Waals surface area contributed by atoms with E-state index >= 15 is 0 Å². The third-order valence-electron chi connectivity index (χ3n) is 4.46. The minimum Gasteiger partial charge on any atom is -0.349 e. The summed E-state index contributed by atoms with van der Waals surface area (Å²) in [6, 6.07) is 15.1. The molecule has 26 heavy (non-hydrogen) atoms. The molecule has 0 aliphatic rings. The Morgan fingerprint density at radius 3 is 2.65 bits per heavy atom. The summed E-state index contributed by atoms with van der Waals surface area (Å²) in [5.74, 6) is 0. The van der Waals surface area contributed by atoms with E-state index in [1.807, 2.05) is 36.4 Å². The smallest absolute Gasteiger partial charge is 0.283 e. The zero-order valence-electron chi connectivity index (χ0n) is 14.5. The molecule has 0 amide bonds. The summed E-state index contributed by atoms with van der Waals surface area (Å²) in [5, 5.41) is 2.65. The number of nitrogens with one attached hydrogen (secondary N) is 1. The van der Waals surface area contributed by atoms with Gasteiger partial charge in [0.1, 0.15) is 11.0 Å². The van der Waals surface area contributed by atoms with Crippen molar-refractivity contribution in [2.75, 3.05) is 0 Å². The van der Waals surface area contributed by atoms with Crippen molar-refractivity contribution >= 4 is 45.3 Å². The van der Waals surface area contributed by atoms with Gasteiger partial charge in [-0.1, -0.05) is 55.4 Å². The van der Waals surface area contributed by atoms with E-state index in [1.54, 1.807) is 28.5 Å². The predicted molar refractivity (Wildman–Crippen MR) is 110 cm³/mol. The lowest BCUT2D eigenvalue weighted by atomic mass is 10.2. The lowest BCUT2D eigenvalue weighted by molar-refractivity contribution is 0.806. The molecule has 0 fully saturated rings. The molecule has 1 N–H and O–H groups in total. The lowest BCUT2D eigenvalue weighted by Crippen LogP contribution is -2.22. The highest BCUT2D eigenvalue weighted by atomic mass is 35.5. The summed E-state index contributed by atoms with van der Waals surface area (Å²) in [6.07, 6.45) is 0.993. The number of rotatable bonds is 4. The molecule has 0 spiro atoms. The van der Waals surface area contributed by atoms with Crippen LogP contribution in [-0.2, 0) is 0 Å². The van der Waals surface area contributed by atoms with Gasteiger partial charge in [0.2, 0.25) is 0 Å². The first-order valence-electron chi connectivity index (χ1n) is 8.54. The number of nitrogens with zero attached hydrogens (tertiary/aromatic N) is 2. The van der Waals surface area contributed by atoms with Crippen molar-refractivity contribution in [2.24, 2.45) is 0 Å². The van der Waals surface area contributed by atoms with Gasteiger partial charge in [-0.05, 0) is 36.8 Å². The van der Waals surface area contributed by atoms with Crippen molar-refractivity contribution in [3.8, 4) is 5.69 Å². The second-order valence-electron chi connectivity index (χ2n) is 6.24. The molecule has 2 aromatic carbocycles. The zero-order chi connectivity index (χ0) is 18.3. The fourth-order valence-corrected chi connectivity index (χ4v) is 3.99. The van der Waals surface area contributed by atoms with Crippen LogP contribution in [0.2, 0.25) is 5.02 Å². The maximum absolute atomic E-state index is 13.3. The number of aromatic amines is 1. The minimum absolute atomic E-state index is 0.0978. The van der Waals surface area contributed by atoms with E-state index in [-0.39, 0.29) is 5.56 Å². The summed E-state index contributed by atoms with van der Waals surface area (Å²) in [5.41, 5.74) is 2.83. The molecule has 4 aromatic rings. The molecule has 132 valence electrons. The van der Waals surface area contributed by atoms with E-state index in [1.165, 1.54) is 0 Å². The fourth-order valence-electron chi connectivity index (χ4n) is 2.90. The van der Waals surface area contributed by atoms with Crippen LogP contribution in [0.25, 0.3) is 27.6 Å². The molecule has 6 heteroatoms. The highest BCUT2D eigenvalue weighted by Gasteiger charge is 2.18. The predicted octanol–water partition coefficient (Wildman–Crippen LogP) is 5.41. The van der Waals surface area contributed by atoms with Crippen LogP contribution in [0.4, 0.5) is 0 Å². The van der Waals surface area contributed by atoms with Gasteiger partial charge in [0.15, 0.2) is 5.16 Å². The second-order valence-corrected chi connectivity index (χ2v) is 8.08. The van der Waals surface area contributed by atoms with Gasteiger partial charge in [-0.3, -0.25) is 9.36 Å². The summed E-state index contributed by atoms with van der Waals surface area (Å²) in [4.78, 5) is 21.4. The summed E-state index contributed by atoms with van der Waals surface area (Å²) in [6.45, 7) is 4.27. The number of aromatic nitrogens is 3. The van der Waals surface area contributed by atoms with E-state index in [4.69, 9.17) is 16.6 Å². The Bertz CT molecular complexity index is 1150. The average Bonchev–Trinajstić information content (AvgIpc) is 3.02. The standard InChI is InChI=1S/C20H18ClN3OS/c1-3-12(2)26-20-23-17-15-6-4-5-7-16(15)22-18(17)19(25)24(20)14-10-8-13(21)9-11-14/h4-12,22H,3H2,1-2H3/t12-/m0/s1. The van der Waals surface area contributed by atoms with Crippen LogP contribution in [0.1, 0.15) is 20.3 Å². The Balaban J connectivity index is 2.05. The largest absolute Gasteiger partial charge is 0.349 e. The van der Waals surface area contributed by atoms with Gasteiger partial charge in [0.25, 0.3) is 5.56 Å². The van der Waals surface area contributed by atoms with Gasteiger partial charge >= 0.3 is 0 Å². The molecule has 0 bridgehead atoms. The molecular weight excluding hydrogens is 366 g/mol. The van der Waals surface area contributed by atoms with E-state index in [0.29, 0.717) is 20.9 Å². The Labute approximate surface area is 160 Å². The van der Waals surface area contributed by atoms with Crippen LogP contribution in [-0.4, -0.2) is 19.8 Å². The molecule has 0 saturated carbocycles. The van der Waals surface area contributed by atoms with Crippen molar-refractivity contribution in [1.82, 2.24) is 14.5 Å². The topological polar surface area (TPSA) is 50.7 Å². The van der Waals surface area contributed by atoms with Gasteiger partial charge < -0.3 is 4.98 Å². The highest BCUT2D eigenvalue weighted by molar-refractivity contribution is 7.99. The summed E-state index contributed by atoms with van der Waals surface area (Å²) in [7, 11) is 0. The molecule has 0 unspecified atom stereocenters. The van der Waals surface area contributed by atoms with E-state index in [2.05, 4.69) is 18.8 Å². The zero-order valence-corrected chi connectivity index (χ0v) is 16.1. The quantitative estimate of drug-likeness (QED) is 0.378. The van der Waals surface area contributed by atoms with Gasteiger partial charge in [0, 0.05) is 21.2 Å². The molecule has 0 radical (unpaired) electrons. The third-order valence-corrected chi connectivity index (χ3v) is 5.93. The van der Waals surface area contributed by atoms with Crippen LogP contribution in [0, 0.1) is 0 Å². The molecule has 0 aliphatic carbocycles. The number of hydrogen-bond donors (Lipinski definition) is 1. The van der Waals surface area contributed by atoms with Gasteiger partial charge in [-0.25, -0.2) is 4.98 Å². The van der Waals surface area contributed by atoms with Crippen molar-refractivity contribution in [3.63, 3.8) is 0 Å². The molecule has 4 nitrogen and oxygen atoms in total. The third kappa shape index (κ3) is 2.91. The van der Waals surface area contributed by atoms with Crippen molar-refractivity contribution in [1.29, 1.82) is 0 Å². The normalized spacial score (nSPS) is 12.7. The van der Waals surface area contributed by atoms with Crippen LogP contribution >= 0.6 is 23.4 Å². The maximum Gasteiger partial charge on any atom is 0.283 e. The number of halogens is 1. The second kappa shape index (κ2) is 6.82. The molecule has 0 saturated heterocycles. The van der Waals surface area contributed by atoms with Gasteiger partial charge in [-0.2, -0.15) is 0 Å². The number of para-hydroxylation sites is 1. The molecule has 2 heterocycles. The Kier molecular flexibility index (Phi) is 4.51. The first-order chi connectivity index (χ1) is 12.6. The van der Waals surface area contributed by atoms with Gasteiger partial charge in [0.05, 0.1) is 5.69 Å². The first kappa shape index (κ1) is 17.2. The van der Waals surface area contributed by atoms with Crippen LogP contribution in [0.5, 0.6) is 0 Å². The number of fused-ring (bicyclic) bond motifs is 3. The Morgan fingerprint density at radius 1 is 1.19 bits per heavy atom. The van der Waals surface area contributed by atoms with Crippen molar-refractivity contribution in [2.45, 2.75) is 30.7 Å². The Hall–Kier alpha value is -2.24. The molecule has 2 aromatic heterocycles. The lowest BCUT2D eigenvalue weighted by Gasteiger charge is -2.14. The van der Waals surface area contributed by atoms with E-state index in [0.717, 1.165) is 28.5 Å². The Morgan fingerprint density at radius 2 is 1.92 bits per heavy atom. The first-order valence-corrected chi connectivity index (χ1v) is 9.80. The average molecular weight is 384 g/mol. The molecule has 0 aliphatic heterocycles.